The quantitative estimate of drug-likeness (QED) is 0.783. The highest BCUT2D eigenvalue weighted by molar-refractivity contribution is 5.93. The van der Waals surface area contributed by atoms with Crippen LogP contribution in [-0.4, -0.2) is 23.6 Å². The van der Waals surface area contributed by atoms with Crippen LogP contribution in [0.2, 0.25) is 0 Å². The van der Waals surface area contributed by atoms with E-state index in [1.54, 1.807) is 19.1 Å². The van der Waals surface area contributed by atoms with Gasteiger partial charge in [-0.2, -0.15) is 0 Å². The van der Waals surface area contributed by atoms with Crippen LogP contribution in [0.5, 0.6) is 0 Å². The fraction of sp³-hybridized carbons (Fsp3) is 0.455. The smallest absolute Gasteiger partial charge is 0.254 e. The fourth-order valence-corrected chi connectivity index (χ4v) is 1.63. The van der Waals surface area contributed by atoms with E-state index in [4.69, 9.17) is 10.5 Å². The Labute approximate surface area is 94.0 Å². The van der Waals surface area contributed by atoms with Crippen molar-refractivity contribution in [2.45, 2.75) is 25.9 Å². The summed E-state index contributed by atoms with van der Waals surface area (Å²) < 4.78 is 5.28. The summed E-state index contributed by atoms with van der Waals surface area (Å²) in [5.74, 6) is 0.390. The van der Waals surface area contributed by atoms with Gasteiger partial charge in [0.25, 0.3) is 5.91 Å². The summed E-state index contributed by atoms with van der Waals surface area (Å²) >= 11 is 0. The molecule has 86 valence electrons. The summed E-state index contributed by atoms with van der Waals surface area (Å²) in [5.41, 5.74) is 6.98. The van der Waals surface area contributed by atoms with Gasteiger partial charge in [-0.15, -0.1) is 0 Å². The van der Waals surface area contributed by atoms with Gasteiger partial charge in [-0.3, -0.25) is 4.79 Å². The number of rotatable bonds is 2. The van der Waals surface area contributed by atoms with Gasteiger partial charge in [0.05, 0.1) is 11.4 Å². The predicted octanol–water partition coefficient (Wildman–Crippen LogP) is 1.09. The molecule has 1 fully saturated rings. The molecule has 2 rings (SSSR count). The number of hydrogen-bond acceptors (Lipinski definition) is 4. The Bertz CT molecular complexity index is 400. The molecule has 1 atom stereocenters. The molecule has 0 spiro atoms. The molecular weight excluding hydrogens is 206 g/mol. The van der Waals surface area contributed by atoms with Crippen LogP contribution in [0.1, 0.15) is 18.5 Å². The molecule has 5 nitrogen and oxygen atoms in total. The minimum atomic E-state index is -0.334. The van der Waals surface area contributed by atoms with Gasteiger partial charge in [-0.1, -0.05) is 0 Å². The van der Waals surface area contributed by atoms with Gasteiger partial charge in [0.2, 0.25) is 0 Å². The van der Waals surface area contributed by atoms with E-state index in [0.717, 1.165) is 12.8 Å². The van der Waals surface area contributed by atoms with E-state index in [0.29, 0.717) is 23.8 Å². The molecule has 1 aliphatic rings. The first-order chi connectivity index (χ1) is 7.66. The first-order valence-corrected chi connectivity index (χ1v) is 5.32. The lowest BCUT2D eigenvalue weighted by molar-refractivity contribution is -0.124. The number of aromatic nitrogens is 1. The van der Waals surface area contributed by atoms with Crippen molar-refractivity contribution in [1.29, 1.82) is 0 Å². The van der Waals surface area contributed by atoms with E-state index in [2.05, 4.69) is 10.3 Å². The lowest BCUT2D eigenvalue weighted by atomic mass is 10.2. The van der Waals surface area contributed by atoms with Crippen molar-refractivity contribution in [3.63, 3.8) is 0 Å². The summed E-state index contributed by atoms with van der Waals surface area (Å²) in [6.45, 7) is 2.46. The number of nitrogens with zero attached hydrogens (tertiary/aromatic N) is 1. The van der Waals surface area contributed by atoms with Crippen molar-refractivity contribution >= 4 is 17.4 Å². The number of anilines is 2. The van der Waals surface area contributed by atoms with Gasteiger partial charge in [0.1, 0.15) is 11.9 Å². The minimum absolute atomic E-state index is 0.130. The summed E-state index contributed by atoms with van der Waals surface area (Å²) in [6, 6.07) is 3.42. The van der Waals surface area contributed by atoms with Crippen LogP contribution >= 0.6 is 0 Å². The second kappa shape index (κ2) is 4.49. The molecule has 0 aliphatic carbocycles. The average Bonchev–Trinajstić information content (AvgIpc) is 2.77. The number of nitrogens with two attached hydrogens (primary N) is 1. The summed E-state index contributed by atoms with van der Waals surface area (Å²) in [6.07, 6.45) is 1.38. The third-order valence-electron chi connectivity index (χ3n) is 2.60. The first-order valence-electron chi connectivity index (χ1n) is 5.32. The molecule has 1 amide bonds. The number of aryl methyl sites for hydroxylation is 1. The Morgan fingerprint density at radius 1 is 1.62 bits per heavy atom. The molecule has 2 heterocycles. The van der Waals surface area contributed by atoms with Crippen molar-refractivity contribution in [1.82, 2.24) is 4.98 Å². The Morgan fingerprint density at radius 3 is 3.06 bits per heavy atom. The lowest BCUT2D eigenvalue weighted by Crippen LogP contribution is -2.27. The second-order valence-electron chi connectivity index (χ2n) is 3.86. The molecule has 1 aliphatic heterocycles. The molecule has 0 radical (unpaired) electrons. The molecule has 0 bridgehead atoms. The average molecular weight is 221 g/mol. The van der Waals surface area contributed by atoms with Crippen LogP contribution in [0.3, 0.4) is 0 Å². The van der Waals surface area contributed by atoms with Crippen molar-refractivity contribution in [3.8, 4) is 0 Å². The lowest BCUT2D eigenvalue weighted by Gasteiger charge is -2.10. The van der Waals surface area contributed by atoms with Crippen LogP contribution in [0, 0.1) is 6.92 Å². The van der Waals surface area contributed by atoms with Crippen molar-refractivity contribution in [3.05, 3.63) is 17.8 Å². The Kier molecular flexibility index (Phi) is 3.05. The summed E-state index contributed by atoms with van der Waals surface area (Å²) in [5, 5.41) is 2.72. The van der Waals surface area contributed by atoms with E-state index in [1.807, 2.05) is 0 Å². The molecule has 0 saturated carbocycles. The maximum Gasteiger partial charge on any atom is 0.254 e. The third kappa shape index (κ3) is 2.30. The highest BCUT2D eigenvalue weighted by atomic mass is 16.5. The standard InChI is InChI=1S/C11H15N3O2/c1-7-8(12)4-5-10(13-7)14-11(15)9-3-2-6-16-9/h4-5,9H,2-3,6,12H2,1H3,(H,13,14,15). The van der Waals surface area contributed by atoms with E-state index in [-0.39, 0.29) is 12.0 Å². The number of carbonyl (C=O) groups is 1. The van der Waals surface area contributed by atoms with Gasteiger partial charge in [0.15, 0.2) is 0 Å². The minimum Gasteiger partial charge on any atom is -0.397 e. The van der Waals surface area contributed by atoms with Gasteiger partial charge < -0.3 is 15.8 Å². The number of hydrogen-bond donors (Lipinski definition) is 2. The molecule has 1 aromatic heterocycles. The molecule has 1 unspecified atom stereocenters. The predicted molar refractivity (Wildman–Crippen MR) is 61.0 cm³/mol. The van der Waals surface area contributed by atoms with Crippen molar-refractivity contribution < 1.29 is 9.53 Å². The SMILES string of the molecule is Cc1nc(NC(=O)C2CCCO2)ccc1N. The monoisotopic (exact) mass is 221 g/mol. The molecule has 1 aromatic rings. The fourth-order valence-electron chi connectivity index (χ4n) is 1.63. The first kappa shape index (κ1) is 10.9. The Balaban J connectivity index is 2.02. The summed E-state index contributed by atoms with van der Waals surface area (Å²) in [7, 11) is 0. The molecule has 5 heteroatoms. The van der Waals surface area contributed by atoms with Crippen molar-refractivity contribution in [2.24, 2.45) is 0 Å². The third-order valence-corrected chi connectivity index (χ3v) is 2.60. The van der Waals surface area contributed by atoms with E-state index >= 15 is 0 Å². The second-order valence-corrected chi connectivity index (χ2v) is 3.86. The Morgan fingerprint density at radius 2 is 2.44 bits per heavy atom. The molecule has 1 saturated heterocycles. The maximum absolute atomic E-state index is 11.7. The summed E-state index contributed by atoms with van der Waals surface area (Å²) in [4.78, 5) is 15.9. The van der Waals surface area contributed by atoms with E-state index in [9.17, 15) is 4.79 Å². The van der Waals surface area contributed by atoms with E-state index < -0.39 is 0 Å². The molecular formula is C11H15N3O2. The number of amides is 1. The van der Waals surface area contributed by atoms with Crippen LogP contribution < -0.4 is 11.1 Å². The maximum atomic E-state index is 11.7. The van der Waals surface area contributed by atoms with E-state index in [1.165, 1.54) is 0 Å². The van der Waals surface area contributed by atoms with Gasteiger partial charge in [-0.05, 0) is 31.9 Å². The largest absolute Gasteiger partial charge is 0.397 e. The highest BCUT2D eigenvalue weighted by Gasteiger charge is 2.23. The Hall–Kier alpha value is -1.62. The van der Waals surface area contributed by atoms with Gasteiger partial charge in [-0.25, -0.2) is 4.98 Å². The topological polar surface area (TPSA) is 77.2 Å². The van der Waals surface area contributed by atoms with Gasteiger partial charge >= 0.3 is 0 Å². The van der Waals surface area contributed by atoms with Crippen LogP contribution in [0.4, 0.5) is 11.5 Å². The highest BCUT2D eigenvalue weighted by Crippen LogP contribution is 2.16. The number of nitrogens with one attached hydrogen (secondary N) is 1. The normalized spacial score (nSPS) is 19.7. The van der Waals surface area contributed by atoms with Crippen molar-refractivity contribution in [2.75, 3.05) is 17.7 Å². The van der Waals surface area contributed by atoms with Crippen LogP contribution in [0.15, 0.2) is 12.1 Å². The van der Waals surface area contributed by atoms with Crippen LogP contribution in [-0.2, 0) is 9.53 Å². The zero-order chi connectivity index (χ0) is 11.5. The zero-order valence-corrected chi connectivity index (χ0v) is 9.19. The zero-order valence-electron chi connectivity index (χ0n) is 9.19. The molecule has 0 aromatic carbocycles. The number of carbonyl (C=O) groups excluding carboxylic acids is 1. The van der Waals surface area contributed by atoms with Gasteiger partial charge in [0, 0.05) is 6.61 Å². The molecule has 3 N–H and O–H groups in total. The number of nitrogen functional groups attached to an aromatic ring is 1. The number of ether oxygens (including phenoxy) is 1. The molecule has 16 heavy (non-hydrogen) atoms. The number of pyridine rings is 1. The van der Waals surface area contributed by atoms with Crippen LogP contribution in [0.25, 0.3) is 0 Å².